The lowest BCUT2D eigenvalue weighted by Crippen LogP contribution is -2.00. The predicted molar refractivity (Wildman–Crippen MR) is 49.7 cm³/mol. The zero-order valence-corrected chi connectivity index (χ0v) is 6.75. The number of aromatic hydroxyl groups is 1. The zero-order chi connectivity index (χ0) is 8.97. The molecule has 0 saturated heterocycles. The molecule has 0 aliphatic rings. The van der Waals surface area contributed by atoms with Crippen LogP contribution in [0.15, 0.2) is 36.6 Å². The van der Waals surface area contributed by atoms with E-state index in [2.05, 4.69) is 12.3 Å². The van der Waals surface area contributed by atoms with Gasteiger partial charge in [-0.25, -0.2) is 0 Å². The topological polar surface area (TPSA) is 46.2 Å². The highest BCUT2D eigenvalue weighted by Gasteiger charge is 1.97. The fourth-order valence-corrected chi connectivity index (χ4v) is 0.986. The van der Waals surface area contributed by atoms with Crippen LogP contribution in [0.25, 0.3) is 5.57 Å². The maximum atomic E-state index is 9.15. The van der Waals surface area contributed by atoms with Crippen LogP contribution in [-0.4, -0.2) is 11.7 Å². The van der Waals surface area contributed by atoms with E-state index in [4.69, 9.17) is 10.8 Å². The number of rotatable bonds is 2. The van der Waals surface area contributed by atoms with Crippen molar-refractivity contribution in [3.63, 3.8) is 0 Å². The molecular formula is C10H11NO. The largest absolute Gasteiger partial charge is 0.508 e. The summed E-state index contributed by atoms with van der Waals surface area (Å²) in [4.78, 5) is 0. The highest BCUT2D eigenvalue weighted by atomic mass is 16.3. The van der Waals surface area contributed by atoms with Crippen LogP contribution in [-0.2, 0) is 0 Å². The lowest BCUT2D eigenvalue weighted by atomic mass is 10.1. The minimum Gasteiger partial charge on any atom is -0.508 e. The summed E-state index contributed by atoms with van der Waals surface area (Å²) < 4.78 is 0. The molecule has 3 N–H and O–H groups in total. The van der Waals surface area contributed by atoms with Gasteiger partial charge in [0.2, 0.25) is 0 Å². The number of benzene rings is 1. The summed E-state index contributed by atoms with van der Waals surface area (Å²) in [6.45, 7) is 3.90. The summed E-state index contributed by atoms with van der Waals surface area (Å²) in [7, 11) is 0. The van der Waals surface area contributed by atoms with Crippen molar-refractivity contribution in [2.75, 3.05) is 6.54 Å². The first kappa shape index (κ1) is 8.60. The van der Waals surface area contributed by atoms with Gasteiger partial charge in [0.15, 0.2) is 0 Å². The molecule has 12 heavy (non-hydrogen) atoms. The second-order valence-corrected chi connectivity index (χ2v) is 2.41. The number of hydrogen-bond acceptors (Lipinski definition) is 2. The SMILES string of the molecule is C=C=C(CN)c1cccc(O)c1. The third kappa shape index (κ3) is 1.76. The van der Waals surface area contributed by atoms with E-state index in [0.717, 1.165) is 11.1 Å². The van der Waals surface area contributed by atoms with Crippen LogP contribution in [0.5, 0.6) is 5.75 Å². The minimum atomic E-state index is 0.230. The molecular weight excluding hydrogens is 150 g/mol. The first-order valence-corrected chi connectivity index (χ1v) is 3.66. The van der Waals surface area contributed by atoms with E-state index in [0.29, 0.717) is 6.54 Å². The second kappa shape index (κ2) is 3.77. The number of phenols is 1. The quantitative estimate of drug-likeness (QED) is 0.646. The monoisotopic (exact) mass is 161 g/mol. The summed E-state index contributed by atoms with van der Waals surface area (Å²) in [6, 6.07) is 6.87. The lowest BCUT2D eigenvalue weighted by Gasteiger charge is -2.01. The lowest BCUT2D eigenvalue weighted by molar-refractivity contribution is 0.475. The van der Waals surface area contributed by atoms with E-state index in [9.17, 15) is 0 Å². The van der Waals surface area contributed by atoms with Gasteiger partial charge in [-0.3, -0.25) is 0 Å². The van der Waals surface area contributed by atoms with Crippen molar-refractivity contribution in [3.05, 3.63) is 42.1 Å². The molecule has 0 spiro atoms. The molecule has 1 rings (SSSR count). The van der Waals surface area contributed by atoms with Gasteiger partial charge >= 0.3 is 0 Å². The third-order valence-electron chi connectivity index (χ3n) is 1.61. The van der Waals surface area contributed by atoms with Crippen molar-refractivity contribution < 1.29 is 5.11 Å². The van der Waals surface area contributed by atoms with Gasteiger partial charge in [0.1, 0.15) is 5.75 Å². The summed E-state index contributed by atoms with van der Waals surface area (Å²) in [5.74, 6) is 0.230. The molecule has 0 unspecified atom stereocenters. The van der Waals surface area contributed by atoms with Crippen LogP contribution in [0.2, 0.25) is 0 Å². The van der Waals surface area contributed by atoms with E-state index in [1.807, 2.05) is 6.07 Å². The first-order chi connectivity index (χ1) is 5.77. The molecule has 2 heteroatoms. The van der Waals surface area contributed by atoms with Crippen LogP contribution >= 0.6 is 0 Å². The highest BCUT2D eigenvalue weighted by molar-refractivity contribution is 5.66. The van der Waals surface area contributed by atoms with Crippen LogP contribution in [0, 0.1) is 0 Å². The Bertz CT molecular complexity index is 324. The fraction of sp³-hybridized carbons (Fsp3) is 0.100. The minimum absolute atomic E-state index is 0.230. The molecule has 1 aromatic rings. The van der Waals surface area contributed by atoms with Crippen molar-refractivity contribution in [2.24, 2.45) is 5.73 Å². The molecule has 0 amide bonds. The van der Waals surface area contributed by atoms with Crippen LogP contribution in [0.3, 0.4) is 0 Å². The molecule has 0 fully saturated rings. The molecule has 0 aromatic heterocycles. The summed E-state index contributed by atoms with van der Waals surface area (Å²) in [5.41, 5.74) is 9.85. The van der Waals surface area contributed by atoms with Crippen LogP contribution < -0.4 is 5.73 Å². The Kier molecular flexibility index (Phi) is 2.70. The Hall–Kier alpha value is -1.50. The van der Waals surface area contributed by atoms with Crippen molar-refractivity contribution >= 4 is 5.57 Å². The molecule has 0 aliphatic heterocycles. The van der Waals surface area contributed by atoms with Crippen molar-refractivity contribution in [1.82, 2.24) is 0 Å². The Balaban J connectivity index is 3.10. The molecule has 0 atom stereocenters. The third-order valence-corrected chi connectivity index (χ3v) is 1.61. The van der Waals surface area contributed by atoms with Gasteiger partial charge in [0.25, 0.3) is 0 Å². The van der Waals surface area contributed by atoms with E-state index in [1.165, 1.54) is 0 Å². The van der Waals surface area contributed by atoms with Gasteiger partial charge in [0.05, 0.1) is 0 Å². The molecule has 62 valence electrons. The Morgan fingerprint density at radius 1 is 1.58 bits per heavy atom. The first-order valence-electron chi connectivity index (χ1n) is 3.66. The van der Waals surface area contributed by atoms with Gasteiger partial charge in [0, 0.05) is 12.1 Å². The number of hydrogen-bond donors (Lipinski definition) is 2. The molecule has 0 aliphatic carbocycles. The predicted octanol–water partition coefficient (Wildman–Crippen LogP) is 1.52. The summed E-state index contributed by atoms with van der Waals surface area (Å²) in [6.07, 6.45) is 0. The van der Waals surface area contributed by atoms with Gasteiger partial charge < -0.3 is 10.8 Å². The molecule has 0 saturated carbocycles. The standard InChI is InChI=1S/C10H11NO/c1-2-8(7-11)9-4-3-5-10(12)6-9/h3-6,12H,1,7,11H2. The highest BCUT2D eigenvalue weighted by Crippen LogP contribution is 2.16. The Morgan fingerprint density at radius 3 is 2.83 bits per heavy atom. The van der Waals surface area contributed by atoms with Gasteiger partial charge in [-0.2, -0.15) is 0 Å². The van der Waals surface area contributed by atoms with Gasteiger partial charge in [-0.15, -0.1) is 5.73 Å². The van der Waals surface area contributed by atoms with Crippen molar-refractivity contribution in [1.29, 1.82) is 0 Å². The Morgan fingerprint density at radius 2 is 2.33 bits per heavy atom. The van der Waals surface area contributed by atoms with Crippen molar-refractivity contribution in [2.45, 2.75) is 0 Å². The van der Waals surface area contributed by atoms with E-state index in [1.54, 1.807) is 18.2 Å². The molecule has 2 nitrogen and oxygen atoms in total. The number of phenolic OH excluding ortho intramolecular Hbond substituents is 1. The van der Waals surface area contributed by atoms with E-state index >= 15 is 0 Å². The van der Waals surface area contributed by atoms with Crippen LogP contribution in [0.4, 0.5) is 0 Å². The van der Waals surface area contributed by atoms with Crippen LogP contribution in [0.1, 0.15) is 5.56 Å². The average molecular weight is 161 g/mol. The Labute approximate surface area is 71.6 Å². The fourth-order valence-electron chi connectivity index (χ4n) is 0.986. The molecule has 0 bridgehead atoms. The average Bonchev–Trinajstić information content (AvgIpc) is 2.07. The van der Waals surface area contributed by atoms with Gasteiger partial charge in [-0.05, 0) is 17.7 Å². The maximum absolute atomic E-state index is 9.15. The van der Waals surface area contributed by atoms with E-state index in [-0.39, 0.29) is 5.75 Å². The van der Waals surface area contributed by atoms with Crippen molar-refractivity contribution in [3.8, 4) is 5.75 Å². The maximum Gasteiger partial charge on any atom is 0.116 e. The smallest absolute Gasteiger partial charge is 0.116 e. The number of nitrogens with two attached hydrogens (primary N) is 1. The zero-order valence-electron chi connectivity index (χ0n) is 6.75. The normalized spacial score (nSPS) is 9.08. The summed E-state index contributed by atoms with van der Waals surface area (Å²) >= 11 is 0. The van der Waals surface area contributed by atoms with Gasteiger partial charge in [-0.1, -0.05) is 18.7 Å². The van der Waals surface area contributed by atoms with E-state index < -0.39 is 0 Å². The molecule has 1 aromatic carbocycles. The second-order valence-electron chi connectivity index (χ2n) is 2.41. The molecule has 0 radical (unpaired) electrons. The molecule has 0 heterocycles. The summed E-state index contributed by atoms with van der Waals surface area (Å²) in [5, 5.41) is 9.15.